The van der Waals surface area contributed by atoms with Gasteiger partial charge in [0.25, 0.3) is 0 Å². The van der Waals surface area contributed by atoms with Crippen LogP contribution in [0.1, 0.15) is 82.3 Å². The molecule has 2 aromatic rings. The zero-order chi connectivity index (χ0) is 36.0. The zero-order valence-corrected chi connectivity index (χ0v) is 29.6. The maximum absolute atomic E-state index is 14.4. The fraction of sp³-hybridized carbons (Fsp3) is 0.526. The molecule has 1 saturated heterocycles. The van der Waals surface area contributed by atoms with E-state index < -0.39 is 56.2 Å². The van der Waals surface area contributed by atoms with E-state index in [-0.39, 0.29) is 50.1 Å². The lowest BCUT2D eigenvalue weighted by Crippen LogP contribution is -2.49. The predicted octanol–water partition coefficient (Wildman–Crippen LogP) is 5.21. The first-order valence-electron chi connectivity index (χ1n) is 18.0. The van der Waals surface area contributed by atoms with Gasteiger partial charge in [-0.25, -0.2) is 17.6 Å². The van der Waals surface area contributed by atoms with Crippen LogP contribution >= 0.6 is 0 Å². The molecule has 5 aliphatic rings. The van der Waals surface area contributed by atoms with Crippen molar-refractivity contribution in [1.82, 2.24) is 14.5 Å². The summed E-state index contributed by atoms with van der Waals surface area (Å²) in [7, 11) is -3.94. The lowest BCUT2D eigenvalue weighted by atomic mass is 9.91. The highest BCUT2D eigenvalue weighted by Gasteiger charge is 2.62. The largest absolute Gasteiger partial charge is 0.444 e. The maximum atomic E-state index is 14.4. The van der Waals surface area contributed by atoms with Gasteiger partial charge in [-0.2, -0.15) is 0 Å². The third-order valence-electron chi connectivity index (χ3n) is 11.4. The second-order valence-corrected chi connectivity index (χ2v) is 17.3. The minimum Gasteiger partial charge on any atom is -0.444 e. The van der Waals surface area contributed by atoms with Gasteiger partial charge in [0.2, 0.25) is 21.8 Å². The van der Waals surface area contributed by atoms with Crippen LogP contribution in [0.4, 0.5) is 14.9 Å². The molecule has 0 radical (unpaired) electrons. The van der Waals surface area contributed by atoms with Crippen molar-refractivity contribution in [3.63, 3.8) is 0 Å². The molecule has 2 aliphatic carbocycles. The minimum absolute atomic E-state index is 0.0259. The van der Waals surface area contributed by atoms with Crippen LogP contribution in [0.2, 0.25) is 0 Å². The third kappa shape index (κ3) is 7.14. The smallest absolute Gasteiger partial charge is 0.410 e. The van der Waals surface area contributed by atoms with Gasteiger partial charge < -0.3 is 15.0 Å². The van der Waals surface area contributed by atoms with Crippen LogP contribution in [-0.2, 0) is 42.2 Å². The first kappa shape index (κ1) is 35.2. The second kappa shape index (κ2) is 13.7. The average Bonchev–Trinajstić information content (AvgIpc) is 3.89. The quantitative estimate of drug-likeness (QED) is 0.388. The number of ether oxygens (including phenoxy) is 1. The van der Waals surface area contributed by atoms with E-state index in [1.165, 1.54) is 15.9 Å². The number of amides is 3. The van der Waals surface area contributed by atoms with Gasteiger partial charge in [0.1, 0.15) is 18.0 Å². The summed E-state index contributed by atoms with van der Waals surface area (Å²) in [5.74, 6) is -2.10. The summed E-state index contributed by atoms with van der Waals surface area (Å²) in [6, 6.07) is 12.4. The van der Waals surface area contributed by atoms with Gasteiger partial charge in [-0.3, -0.25) is 24.0 Å². The monoisotopic (exact) mass is 720 g/mol. The summed E-state index contributed by atoms with van der Waals surface area (Å²) < 4.78 is 47.8. The zero-order valence-electron chi connectivity index (χ0n) is 28.8. The topological polar surface area (TPSA) is 142 Å². The second-order valence-electron chi connectivity index (χ2n) is 15.1. The molecule has 3 amide bonds. The van der Waals surface area contributed by atoms with Crippen LogP contribution in [0.15, 0.2) is 60.7 Å². The van der Waals surface area contributed by atoms with E-state index in [1.54, 1.807) is 19.1 Å². The summed E-state index contributed by atoms with van der Waals surface area (Å²) >= 11 is 0. The fourth-order valence-corrected chi connectivity index (χ4v) is 9.08. The van der Waals surface area contributed by atoms with Gasteiger partial charge in [-0.1, -0.05) is 55.3 Å². The number of rotatable bonds is 6. The molecule has 13 heteroatoms. The van der Waals surface area contributed by atoms with E-state index in [2.05, 4.69) is 10.0 Å². The lowest BCUT2D eigenvalue weighted by Gasteiger charge is -2.30. The van der Waals surface area contributed by atoms with Gasteiger partial charge >= 0.3 is 6.09 Å². The Labute approximate surface area is 298 Å². The van der Waals surface area contributed by atoms with Crippen LogP contribution in [0.3, 0.4) is 0 Å². The van der Waals surface area contributed by atoms with Crippen molar-refractivity contribution in [2.45, 2.75) is 107 Å². The van der Waals surface area contributed by atoms with Gasteiger partial charge in [-0.05, 0) is 75.1 Å². The summed E-state index contributed by atoms with van der Waals surface area (Å²) in [5, 5.41) is 3.36. The van der Waals surface area contributed by atoms with E-state index in [0.29, 0.717) is 36.8 Å². The third-order valence-corrected chi connectivity index (χ3v) is 13.6. The van der Waals surface area contributed by atoms with Crippen molar-refractivity contribution in [3.8, 4) is 0 Å². The first-order valence-corrected chi connectivity index (χ1v) is 19.5. The molecule has 7 rings (SSSR count). The van der Waals surface area contributed by atoms with Crippen LogP contribution in [0, 0.1) is 17.2 Å². The number of nitrogens with zero attached hydrogens (tertiary/aromatic N) is 2. The number of halogens is 1. The van der Waals surface area contributed by atoms with Gasteiger partial charge in [0.15, 0.2) is 5.78 Å². The van der Waals surface area contributed by atoms with Crippen LogP contribution in [0.5, 0.6) is 0 Å². The number of Topliss-reactive ketones (excluding diaryl/α,β-unsaturated/α-hetero) is 1. The lowest BCUT2D eigenvalue weighted by molar-refractivity contribution is -0.139. The first-order chi connectivity index (χ1) is 24.4. The van der Waals surface area contributed by atoms with Gasteiger partial charge in [-0.15, -0.1) is 0 Å². The number of anilines is 1. The van der Waals surface area contributed by atoms with Gasteiger partial charge in [0.05, 0.1) is 29.3 Å². The highest BCUT2D eigenvalue weighted by atomic mass is 32.2. The summed E-state index contributed by atoms with van der Waals surface area (Å²) in [4.78, 5) is 58.9. The number of carbonyl (C=O) groups is 4. The molecule has 2 aromatic carbocycles. The highest BCUT2D eigenvalue weighted by Crippen LogP contribution is 2.57. The number of fused-ring (bicyclic) bond motifs is 3. The predicted molar refractivity (Wildman–Crippen MR) is 187 cm³/mol. The molecule has 2 saturated carbocycles. The number of sulfonamides is 1. The fourth-order valence-electron chi connectivity index (χ4n) is 7.75. The van der Waals surface area contributed by atoms with Crippen LogP contribution < -0.4 is 10.0 Å². The average molecular weight is 721 g/mol. The molecule has 11 nitrogen and oxygen atoms in total. The molecule has 2 N–H and O–H groups in total. The molecule has 0 spiro atoms. The SMILES string of the molecule is CC1(S(=O)(=O)NC(=O)[C@]23CC(=O)[C@@H]4C[C@@H](OC(=O)N5Cc6cccc(F)c6C5)CN4C(=O)[C@@H](Nc4ccccc4)CCCCC/C=C\[C@@H]2C3)CC1. The maximum Gasteiger partial charge on any atom is 0.410 e. The molecule has 5 atom stereocenters. The number of hydrogen-bond acceptors (Lipinski definition) is 8. The normalized spacial score (nSPS) is 29.5. The number of para-hydroxylation sites is 1. The molecule has 3 aliphatic heterocycles. The molecule has 0 bridgehead atoms. The molecular formula is C38H45FN4O7S. The van der Waals surface area contributed by atoms with Crippen molar-refractivity contribution < 1.29 is 36.7 Å². The molecule has 0 aromatic heterocycles. The van der Waals surface area contributed by atoms with Crippen molar-refractivity contribution in [2.24, 2.45) is 11.3 Å². The summed E-state index contributed by atoms with van der Waals surface area (Å²) in [5.41, 5.74) is 0.621. The van der Waals surface area contributed by atoms with Crippen molar-refractivity contribution >= 4 is 39.4 Å². The number of benzene rings is 2. The summed E-state index contributed by atoms with van der Waals surface area (Å²) in [6.07, 6.45) is 7.21. The van der Waals surface area contributed by atoms with Crippen LogP contribution in [0.25, 0.3) is 0 Å². The Balaban J connectivity index is 1.15. The molecular weight excluding hydrogens is 676 g/mol. The Morgan fingerprint density at radius 1 is 1.00 bits per heavy atom. The van der Waals surface area contributed by atoms with Crippen molar-refractivity contribution in [1.29, 1.82) is 0 Å². The van der Waals surface area contributed by atoms with E-state index in [1.807, 2.05) is 42.5 Å². The number of hydrogen-bond donors (Lipinski definition) is 2. The minimum atomic E-state index is -3.94. The Hall–Kier alpha value is -4.26. The molecule has 3 heterocycles. The van der Waals surface area contributed by atoms with E-state index in [9.17, 15) is 32.0 Å². The molecule has 0 unspecified atom stereocenters. The van der Waals surface area contributed by atoms with E-state index >= 15 is 0 Å². The molecule has 272 valence electrons. The number of nitrogens with one attached hydrogen (secondary N) is 2. The molecule has 51 heavy (non-hydrogen) atoms. The standard InChI is InChI=1S/C38H45FN4O7S/c1-37(17-18-37)51(48,49)41-35(46)38-20-26(38)12-6-3-2-4-9-16-31(40-27-13-7-5-8-14-27)34(45)43-23-28(19-32(43)33(44)21-38)50-36(47)42-22-25-11-10-15-30(39)29(25)24-42/h5-8,10-15,26,28,31-32,40H,2-4,9,16-24H2,1H3,(H,41,46)/b12-6-/t26-,28-,31+,32+,38-/m1/s1. The Bertz CT molecular complexity index is 1850. The van der Waals surface area contributed by atoms with Crippen LogP contribution in [-0.4, -0.2) is 71.4 Å². The van der Waals surface area contributed by atoms with E-state index in [0.717, 1.165) is 31.4 Å². The number of carbonyl (C=O) groups excluding carboxylic acids is 4. The summed E-state index contributed by atoms with van der Waals surface area (Å²) in [6.45, 7) is 1.81. The Morgan fingerprint density at radius 3 is 2.53 bits per heavy atom. The van der Waals surface area contributed by atoms with Gasteiger partial charge in [0, 0.05) is 30.6 Å². The Morgan fingerprint density at radius 2 is 1.78 bits per heavy atom. The van der Waals surface area contributed by atoms with Crippen molar-refractivity contribution in [2.75, 3.05) is 11.9 Å². The highest BCUT2D eigenvalue weighted by molar-refractivity contribution is 7.91. The van der Waals surface area contributed by atoms with E-state index in [4.69, 9.17) is 4.74 Å². The Kier molecular flexibility index (Phi) is 9.45. The molecule has 3 fully saturated rings. The number of ketones is 1. The number of allylic oxidation sites excluding steroid dienone is 2. The van der Waals surface area contributed by atoms with Crippen molar-refractivity contribution in [3.05, 3.63) is 77.6 Å².